The predicted molar refractivity (Wildman–Crippen MR) is 82.9 cm³/mol. The number of methoxy groups -OCH3 is 1. The number of hydrogen-bond donors (Lipinski definition) is 1. The third-order valence-corrected chi connectivity index (χ3v) is 3.09. The molecule has 2 aromatic rings. The number of aryl methyl sites for hydroxylation is 2. The van der Waals surface area contributed by atoms with Gasteiger partial charge in [-0.3, -0.25) is 0 Å². The molecule has 0 aliphatic heterocycles. The Labute approximate surface area is 125 Å². The number of anilines is 1. The Morgan fingerprint density at radius 2 is 1.90 bits per heavy atom. The highest BCUT2D eigenvalue weighted by Gasteiger charge is 2.09. The van der Waals surface area contributed by atoms with E-state index in [2.05, 4.69) is 23.8 Å². The Morgan fingerprint density at radius 1 is 1.10 bits per heavy atom. The zero-order valence-electron chi connectivity index (χ0n) is 12.7. The van der Waals surface area contributed by atoms with Crippen molar-refractivity contribution in [3.8, 4) is 17.4 Å². The second-order valence-corrected chi connectivity index (χ2v) is 4.74. The number of benzene rings is 1. The summed E-state index contributed by atoms with van der Waals surface area (Å²) in [5.74, 6) is 2.84. The lowest BCUT2D eigenvalue weighted by atomic mass is 10.1. The maximum atomic E-state index is 5.81. The summed E-state index contributed by atoms with van der Waals surface area (Å²) in [6.45, 7) is 4.16. The van der Waals surface area contributed by atoms with Crippen molar-refractivity contribution in [1.82, 2.24) is 9.97 Å². The molecule has 0 aliphatic carbocycles. The molecular weight excluding hydrogens is 266 g/mol. The van der Waals surface area contributed by atoms with Gasteiger partial charge in [-0.15, -0.1) is 0 Å². The Kier molecular flexibility index (Phi) is 4.98. The van der Waals surface area contributed by atoms with E-state index >= 15 is 0 Å². The van der Waals surface area contributed by atoms with Gasteiger partial charge in [0.25, 0.3) is 0 Å². The van der Waals surface area contributed by atoms with E-state index < -0.39 is 0 Å². The average molecular weight is 287 g/mol. The maximum Gasteiger partial charge on any atom is 0.224 e. The van der Waals surface area contributed by atoms with Crippen molar-refractivity contribution in [1.29, 1.82) is 0 Å². The molecule has 2 rings (SSSR count). The molecule has 2 N–H and O–H groups in total. The summed E-state index contributed by atoms with van der Waals surface area (Å²) >= 11 is 0. The smallest absolute Gasteiger partial charge is 0.224 e. The van der Waals surface area contributed by atoms with Gasteiger partial charge in [0.15, 0.2) is 11.5 Å². The van der Waals surface area contributed by atoms with Crippen LogP contribution in [-0.4, -0.2) is 17.1 Å². The Hall–Kier alpha value is -2.30. The summed E-state index contributed by atoms with van der Waals surface area (Å²) in [5.41, 5.74) is 6.99. The lowest BCUT2D eigenvalue weighted by molar-refractivity contribution is 0.373. The molecule has 0 atom stereocenters. The van der Waals surface area contributed by atoms with Crippen LogP contribution < -0.4 is 15.2 Å². The third-order valence-electron chi connectivity index (χ3n) is 3.09. The van der Waals surface area contributed by atoms with Crippen molar-refractivity contribution in [2.24, 2.45) is 0 Å². The summed E-state index contributed by atoms with van der Waals surface area (Å²) in [6, 6.07) is 7.48. The maximum absolute atomic E-state index is 5.81. The van der Waals surface area contributed by atoms with Crippen LogP contribution in [0.5, 0.6) is 17.4 Å². The lowest BCUT2D eigenvalue weighted by Crippen LogP contribution is -2.02. The van der Waals surface area contributed by atoms with Crippen molar-refractivity contribution in [3.05, 3.63) is 35.7 Å². The van der Waals surface area contributed by atoms with Gasteiger partial charge < -0.3 is 15.2 Å². The molecule has 0 amide bonds. The van der Waals surface area contributed by atoms with Gasteiger partial charge in [0.1, 0.15) is 11.6 Å². The molecule has 0 fully saturated rings. The fraction of sp³-hybridized carbons (Fsp3) is 0.375. The van der Waals surface area contributed by atoms with Gasteiger partial charge in [-0.2, -0.15) is 4.98 Å². The van der Waals surface area contributed by atoms with E-state index in [9.17, 15) is 0 Å². The first-order chi connectivity index (χ1) is 10.2. The minimum absolute atomic E-state index is 0.410. The highest BCUT2D eigenvalue weighted by molar-refractivity contribution is 5.45. The monoisotopic (exact) mass is 287 g/mol. The second kappa shape index (κ2) is 6.92. The van der Waals surface area contributed by atoms with Crippen LogP contribution in [0.25, 0.3) is 0 Å². The quantitative estimate of drug-likeness (QED) is 0.882. The lowest BCUT2D eigenvalue weighted by Gasteiger charge is -2.11. The molecule has 0 unspecified atom stereocenters. The van der Waals surface area contributed by atoms with Crippen molar-refractivity contribution in [3.63, 3.8) is 0 Å². The van der Waals surface area contributed by atoms with Crippen LogP contribution in [0.1, 0.15) is 31.7 Å². The van der Waals surface area contributed by atoms with E-state index in [1.807, 2.05) is 18.2 Å². The van der Waals surface area contributed by atoms with Crippen LogP contribution >= 0.6 is 0 Å². The normalized spacial score (nSPS) is 10.4. The van der Waals surface area contributed by atoms with Crippen LogP contribution in [0.15, 0.2) is 24.3 Å². The van der Waals surface area contributed by atoms with Crippen LogP contribution in [0.4, 0.5) is 5.82 Å². The molecule has 0 bridgehead atoms. The van der Waals surface area contributed by atoms with E-state index in [1.54, 1.807) is 13.2 Å². The van der Waals surface area contributed by atoms with E-state index in [0.29, 0.717) is 29.0 Å². The van der Waals surface area contributed by atoms with Crippen molar-refractivity contribution in [2.45, 2.75) is 33.1 Å². The molecule has 1 aromatic carbocycles. The molecule has 1 aromatic heterocycles. The van der Waals surface area contributed by atoms with E-state index in [4.69, 9.17) is 15.2 Å². The number of nitrogen functional groups attached to an aromatic ring is 1. The minimum atomic E-state index is 0.410. The van der Waals surface area contributed by atoms with Crippen LogP contribution in [0, 0.1) is 0 Å². The molecule has 0 spiro atoms. The molecule has 0 saturated heterocycles. The van der Waals surface area contributed by atoms with Gasteiger partial charge in [-0.1, -0.05) is 19.9 Å². The van der Waals surface area contributed by atoms with Gasteiger partial charge in [0.2, 0.25) is 5.88 Å². The first-order valence-corrected chi connectivity index (χ1v) is 7.14. The fourth-order valence-corrected chi connectivity index (χ4v) is 2.01. The SMILES string of the molecule is CCCc1nc(N)cc(Oc2ccc(CC)cc2OC)n1. The van der Waals surface area contributed by atoms with Crippen molar-refractivity contribution < 1.29 is 9.47 Å². The van der Waals surface area contributed by atoms with Gasteiger partial charge in [0, 0.05) is 12.5 Å². The summed E-state index contributed by atoms with van der Waals surface area (Å²) in [4.78, 5) is 8.56. The zero-order valence-corrected chi connectivity index (χ0v) is 12.7. The van der Waals surface area contributed by atoms with Gasteiger partial charge in [-0.25, -0.2) is 4.98 Å². The molecule has 5 heteroatoms. The van der Waals surface area contributed by atoms with Gasteiger partial charge in [-0.05, 0) is 30.5 Å². The van der Waals surface area contributed by atoms with Crippen LogP contribution in [0.3, 0.4) is 0 Å². The fourth-order valence-electron chi connectivity index (χ4n) is 2.01. The number of ether oxygens (including phenoxy) is 2. The Morgan fingerprint density at radius 3 is 2.57 bits per heavy atom. The van der Waals surface area contributed by atoms with Crippen LogP contribution in [0.2, 0.25) is 0 Å². The number of nitrogens with zero attached hydrogens (tertiary/aromatic N) is 2. The topological polar surface area (TPSA) is 70.3 Å². The van der Waals surface area contributed by atoms with Gasteiger partial charge in [0.05, 0.1) is 7.11 Å². The zero-order chi connectivity index (χ0) is 15.2. The standard InChI is InChI=1S/C16H21N3O2/c1-4-6-15-18-14(17)10-16(19-15)21-12-8-7-11(5-2)9-13(12)20-3/h7-10H,4-6H2,1-3H3,(H2,17,18,19). The summed E-state index contributed by atoms with van der Waals surface area (Å²) in [6.07, 6.45) is 2.67. The first kappa shape index (κ1) is 15.1. The molecule has 21 heavy (non-hydrogen) atoms. The average Bonchev–Trinajstić information content (AvgIpc) is 2.47. The molecule has 0 saturated carbocycles. The largest absolute Gasteiger partial charge is 0.493 e. The molecular formula is C16H21N3O2. The van der Waals surface area contributed by atoms with E-state index in [-0.39, 0.29) is 0 Å². The summed E-state index contributed by atoms with van der Waals surface area (Å²) in [7, 11) is 1.62. The molecule has 0 aliphatic rings. The highest BCUT2D eigenvalue weighted by atomic mass is 16.5. The van der Waals surface area contributed by atoms with E-state index in [1.165, 1.54) is 5.56 Å². The Balaban J connectivity index is 2.29. The molecule has 0 radical (unpaired) electrons. The van der Waals surface area contributed by atoms with E-state index in [0.717, 1.165) is 19.3 Å². The number of hydrogen-bond acceptors (Lipinski definition) is 5. The third kappa shape index (κ3) is 3.84. The molecule has 5 nitrogen and oxygen atoms in total. The molecule has 112 valence electrons. The molecule has 1 heterocycles. The van der Waals surface area contributed by atoms with Crippen molar-refractivity contribution in [2.75, 3.05) is 12.8 Å². The number of rotatable bonds is 6. The highest BCUT2D eigenvalue weighted by Crippen LogP contribution is 2.32. The predicted octanol–water partition coefficient (Wildman–Crippen LogP) is 3.37. The second-order valence-electron chi connectivity index (χ2n) is 4.74. The minimum Gasteiger partial charge on any atom is -0.493 e. The Bertz CT molecular complexity index is 614. The summed E-state index contributed by atoms with van der Waals surface area (Å²) < 4.78 is 11.2. The van der Waals surface area contributed by atoms with Crippen molar-refractivity contribution >= 4 is 5.82 Å². The van der Waals surface area contributed by atoms with Crippen LogP contribution in [-0.2, 0) is 12.8 Å². The first-order valence-electron chi connectivity index (χ1n) is 7.14. The number of nitrogens with two attached hydrogens (primary N) is 1. The van der Waals surface area contributed by atoms with Gasteiger partial charge >= 0.3 is 0 Å². The number of aromatic nitrogens is 2. The summed E-state index contributed by atoms with van der Waals surface area (Å²) in [5, 5.41) is 0.